The van der Waals surface area contributed by atoms with Crippen LogP contribution in [0.2, 0.25) is 0 Å². The molecule has 1 aliphatic rings. The van der Waals surface area contributed by atoms with E-state index in [1.54, 1.807) is 13.2 Å². The van der Waals surface area contributed by atoms with Crippen LogP contribution in [0.5, 0.6) is 0 Å². The smallest absolute Gasteiger partial charge is 0.345 e. The van der Waals surface area contributed by atoms with Crippen molar-refractivity contribution in [2.24, 2.45) is 0 Å². The maximum absolute atomic E-state index is 10.9. The Balaban J connectivity index is 2.02. The molecule has 1 aromatic heterocycles. The minimum absolute atomic E-state index is 0.316. The predicted molar refractivity (Wildman–Crippen MR) is 71.3 cm³/mol. The van der Waals surface area contributed by atoms with E-state index >= 15 is 0 Å². The van der Waals surface area contributed by atoms with Crippen molar-refractivity contribution in [3.05, 3.63) is 21.4 Å². The van der Waals surface area contributed by atoms with Crippen molar-refractivity contribution < 1.29 is 14.6 Å². The van der Waals surface area contributed by atoms with Gasteiger partial charge >= 0.3 is 5.97 Å². The van der Waals surface area contributed by atoms with Crippen molar-refractivity contribution in [2.45, 2.75) is 32.4 Å². The summed E-state index contributed by atoms with van der Waals surface area (Å²) < 4.78 is 5.40. The van der Waals surface area contributed by atoms with Crippen LogP contribution < -0.4 is 0 Å². The molecular formula is C13H19NO3S. The molecule has 0 spiro atoms. The molecule has 0 aliphatic carbocycles. The lowest BCUT2D eigenvalue weighted by Gasteiger charge is -2.31. The topological polar surface area (TPSA) is 49.8 Å². The summed E-state index contributed by atoms with van der Waals surface area (Å²) in [6.45, 7) is 4.82. The highest BCUT2D eigenvalue weighted by atomic mass is 32.1. The molecule has 1 aliphatic heterocycles. The molecule has 1 aromatic rings. The van der Waals surface area contributed by atoms with Crippen LogP contribution >= 0.6 is 11.3 Å². The number of methoxy groups -OCH3 is 1. The molecule has 2 rings (SSSR count). The fourth-order valence-corrected chi connectivity index (χ4v) is 3.25. The van der Waals surface area contributed by atoms with Gasteiger partial charge in [0.25, 0.3) is 0 Å². The summed E-state index contributed by atoms with van der Waals surface area (Å²) in [6.07, 6.45) is 2.58. The highest BCUT2D eigenvalue weighted by Gasteiger charge is 2.21. The monoisotopic (exact) mass is 269 g/mol. The van der Waals surface area contributed by atoms with Gasteiger partial charge in [0, 0.05) is 25.1 Å². The number of aromatic carboxylic acids is 1. The Labute approximate surface area is 111 Å². The molecule has 1 unspecified atom stereocenters. The van der Waals surface area contributed by atoms with Gasteiger partial charge in [-0.3, -0.25) is 4.90 Å². The summed E-state index contributed by atoms with van der Waals surface area (Å²) in [7, 11) is 1.76. The largest absolute Gasteiger partial charge is 0.477 e. The number of hydrogen-bond donors (Lipinski definition) is 1. The van der Waals surface area contributed by atoms with Gasteiger partial charge in [0.1, 0.15) is 4.88 Å². The zero-order valence-electron chi connectivity index (χ0n) is 10.8. The van der Waals surface area contributed by atoms with Crippen LogP contribution in [-0.2, 0) is 11.3 Å². The molecule has 2 heterocycles. The van der Waals surface area contributed by atoms with E-state index in [1.165, 1.54) is 11.3 Å². The Morgan fingerprint density at radius 1 is 1.67 bits per heavy atom. The minimum atomic E-state index is -0.831. The fourth-order valence-electron chi connectivity index (χ4n) is 2.37. The van der Waals surface area contributed by atoms with E-state index in [1.807, 2.05) is 6.92 Å². The van der Waals surface area contributed by atoms with Gasteiger partial charge in [0.2, 0.25) is 0 Å². The summed E-state index contributed by atoms with van der Waals surface area (Å²) in [6, 6.07) is 1.80. The molecule has 0 radical (unpaired) electrons. The second-order valence-corrected chi connectivity index (χ2v) is 5.99. The molecule has 0 aromatic carbocycles. The van der Waals surface area contributed by atoms with E-state index < -0.39 is 5.97 Å². The van der Waals surface area contributed by atoms with E-state index in [9.17, 15) is 4.79 Å². The van der Waals surface area contributed by atoms with Crippen LogP contribution in [0.1, 0.15) is 33.0 Å². The van der Waals surface area contributed by atoms with E-state index in [-0.39, 0.29) is 0 Å². The third-order valence-corrected chi connectivity index (χ3v) is 4.50. The summed E-state index contributed by atoms with van der Waals surface area (Å²) in [5, 5.41) is 8.99. The van der Waals surface area contributed by atoms with Crippen molar-refractivity contribution >= 4 is 17.3 Å². The number of thiophene rings is 1. The molecule has 0 bridgehead atoms. The molecule has 1 N–H and O–H groups in total. The van der Waals surface area contributed by atoms with Gasteiger partial charge in [-0.2, -0.15) is 0 Å². The molecule has 18 heavy (non-hydrogen) atoms. The zero-order valence-corrected chi connectivity index (χ0v) is 11.6. The van der Waals surface area contributed by atoms with Crippen molar-refractivity contribution in [2.75, 3.05) is 20.2 Å². The highest BCUT2D eigenvalue weighted by molar-refractivity contribution is 7.14. The van der Waals surface area contributed by atoms with Crippen LogP contribution in [0.25, 0.3) is 0 Å². The average Bonchev–Trinajstić information content (AvgIpc) is 2.71. The van der Waals surface area contributed by atoms with Gasteiger partial charge in [-0.05, 0) is 37.9 Å². The van der Waals surface area contributed by atoms with Crippen molar-refractivity contribution in [1.29, 1.82) is 0 Å². The summed E-state index contributed by atoms with van der Waals surface area (Å²) in [5.74, 6) is -0.831. The van der Waals surface area contributed by atoms with Crippen molar-refractivity contribution in [3.8, 4) is 0 Å². The second-order valence-electron chi connectivity index (χ2n) is 4.73. The van der Waals surface area contributed by atoms with Gasteiger partial charge < -0.3 is 9.84 Å². The summed E-state index contributed by atoms with van der Waals surface area (Å²) in [4.78, 5) is 14.8. The van der Waals surface area contributed by atoms with Crippen LogP contribution in [0.3, 0.4) is 0 Å². The van der Waals surface area contributed by atoms with E-state index in [2.05, 4.69) is 4.90 Å². The van der Waals surface area contributed by atoms with Crippen molar-refractivity contribution in [3.63, 3.8) is 0 Å². The SMILES string of the molecule is COC1CCCN(Cc2cc(C(=O)O)sc2C)C1. The maximum Gasteiger partial charge on any atom is 0.345 e. The minimum Gasteiger partial charge on any atom is -0.477 e. The first-order chi connectivity index (χ1) is 8.60. The van der Waals surface area contributed by atoms with Crippen LogP contribution in [0.15, 0.2) is 6.07 Å². The molecular weight excluding hydrogens is 250 g/mol. The molecule has 100 valence electrons. The Morgan fingerprint density at radius 2 is 2.44 bits per heavy atom. The number of hydrogen-bond acceptors (Lipinski definition) is 4. The molecule has 5 heteroatoms. The number of ether oxygens (including phenoxy) is 1. The lowest BCUT2D eigenvalue weighted by atomic mass is 10.1. The number of carboxylic acids is 1. The molecule has 0 saturated carbocycles. The van der Waals surface area contributed by atoms with Crippen LogP contribution in [0.4, 0.5) is 0 Å². The number of carbonyl (C=O) groups is 1. The highest BCUT2D eigenvalue weighted by Crippen LogP contribution is 2.24. The Bertz CT molecular complexity index is 430. The van der Waals surface area contributed by atoms with Gasteiger partial charge in [-0.1, -0.05) is 0 Å². The molecule has 1 fully saturated rings. The van der Waals surface area contributed by atoms with E-state index in [0.29, 0.717) is 11.0 Å². The van der Waals surface area contributed by atoms with Crippen LogP contribution in [0, 0.1) is 6.92 Å². The van der Waals surface area contributed by atoms with E-state index in [4.69, 9.17) is 9.84 Å². The van der Waals surface area contributed by atoms with E-state index in [0.717, 1.165) is 42.9 Å². The fraction of sp³-hybridized carbons (Fsp3) is 0.615. The maximum atomic E-state index is 10.9. The van der Waals surface area contributed by atoms with Crippen LogP contribution in [-0.4, -0.2) is 42.3 Å². The third-order valence-electron chi connectivity index (χ3n) is 3.42. The lowest BCUT2D eigenvalue weighted by Crippen LogP contribution is -2.38. The predicted octanol–water partition coefficient (Wildman–Crippen LogP) is 2.37. The number of piperidine rings is 1. The van der Waals surface area contributed by atoms with Gasteiger partial charge in [0.15, 0.2) is 0 Å². The first kappa shape index (κ1) is 13.5. The number of aryl methyl sites for hydroxylation is 1. The Kier molecular flexibility index (Phi) is 4.37. The first-order valence-electron chi connectivity index (χ1n) is 6.18. The van der Waals surface area contributed by atoms with Crippen molar-refractivity contribution in [1.82, 2.24) is 4.90 Å². The summed E-state index contributed by atoms with van der Waals surface area (Å²) >= 11 is 1.36. The number of carboxylic acid groups (broad SMARTS) is 1. The zero-order chi connectivity index (χ0) is 13.1. The molecule has 1 atom stereocenters. The van der Waals surface area contributed by atoms with Gasteiger partial charge in [0.05, 0.1) is 6.10 Å². The first-order valence-corrected chi connectivity index (χ1v) is 6.99. The number of likely N-dealkylation sites (tertiary alicyclic amines) is 1. The second kappa shape index (κ2) is 5.82. The number of rotatable bonds is 4. The molecule has 0 amide bonds. The Hall–Kier alpha value is -0.910. The molecule has 1 saturated heterocycles. The van der Waals surface area contributed by atoms with Gasteiger partial charge in [-0.25, -0.2) is 4.79 Å². The Morgan fingerprint density at radius 3 is 3.06 bits per heavy atom. The quantitative estimate of drug-likeness (QED) is 0.911. The third kappa shape index (κ3) is 3.10. The number of nitrogens with zero attached hydrogens (tertiary/aromatic N) is 1. The average molecular weight is 269 g/mol. The summed E-state index contributed by atoms with van der Waals surface area (Å²) in [5.41, 5.74) is 1.13. The lowest BCUT2D eigenvalue weighted by molar-refractivity contribution is 0.0285. The molecule has 4 nitrogen and oxygen atoms in total. The standard InChI is InChI=1S/C13H19NO3S/c1-9-10(6-12(18-9)13(15)16)7-14-5-3-4-11(8-14)17-2/h6,11H,3-5,7-8H2,1-2H3,(H,15,16). The normalized spacial score (nSPS) is 21.1. The van der Waals surface area contributed by atoms with Gasteiger partial charge in [-0.15, -0.1) is 11.3 Å².